The summed E-state index contributed by atoms with van der Waals surface area (Å²) in [6.45, 7) is 5.44. The number of carbonyl (C=O) groups is 2. The van der Waals surface area contributed by atoms with Crippen molar-refractivity contribution in [2.24, 2.45) is 11.8 Å². The van der Waals surface area contributed by atoms with Crippen LogP contribution in [0.25, 0.3) is 11.0 Å². The first kappa shape index (κ1) is 20.9. The molecular formula is C24H34N4O2. The van der Waals surface area contributed by atoms with Gasteiger partial charge in [-0.05, 0) is 43.7 Å². The molecule has 2 aliphatic rings. The van der Waals surface area contributed by atoms with Gasteiger partial charge in [-0.15, -0.1) is 0 Å². The first-order valence-electron chi connectivity index (χ1n) is 11.6. The fourth-order valence-corrected chi connectivity index (χ4v) is 4.91. The van der Waals surface area contributed by atoms with E-state index in [1.54, 1.807) is 0 Å². The van der Waals surface area contributed by atoms with Crippen molar-refractivity contribution < 1.29 is 9.59 Å². The summed E-state index contributed by atoms with van der Waals surface area (Å²) in [6, 6.07) is 7.59. The number of H-pyrrole nitrogens is 1. The summed E-state index contributed by atoms with van der Waals surface area (Å²) < 4.78 is 0. The fraction of sp³-hybridized carbons (Fsp3) is 0.625. The van der Waals surface area contributed by atoms with Gasteiger partial charge in [0, 0.05) is 24.9 Å². The van der Waals surface area contributed by atoms with Gasteiger partial charge in [-0.1, -0.05) is 45.2 Å². The Morgan fingerprint density at radius 1 is 1.10 bits per heavy atom. The number of likely N-dealkylation sites (tertiary alicyclic amines) is 1. The molecule has 1 aromatic carbocycles. The van der Waals surface area contributed by atoms with Crippen molar-refractivity contribution in [1.29, 1.82) is 0 Å². The number of hydrogen-bond acceptors (Lipinski definition) is 3. The Kier molecular flexibility index (Phi) is 6.40. The molecule has 0 spiro atoms. The lowest BCUT2D eigenvalue weighted by Crippen LogP contribution is -2.54. The molecule has 1 saturated heterocycles. The normalized spacial score (nSPS) is 21.7. The number of amides is 2. The minimum atomic E-state index is -0.450. The van der Waals surface area contributed by atoms with Gasteiger partial charge < -0.3 is 15.2 Å². The topological polar surface area (TPSA) is 78.1 Å². The molecule has 2 amide bonds. The van der Waals surface area contributed by atoms with Crippen molar-refractivity contribution in [3.8, 4) is 0 Å². The summed E-state index contributed by atoms with van der Waals surface area (Å²) >= 11 is 0. The Bertz CT molecular complexity index is 851. The standard InChI is InChI=1S/C24H34N4O2/c1-16(2)21(27-23(29)17-9-4-3-5-10-17)24(30)28-14-8-11-18(15-28)22-25-19-12-6-7-13-20(19)26-22/h6-7,12-13,16-18,21H,3-5,8-11,14-15H2,1-2H3,(H,25,26)(H,27,29). The van der Waals surface area contributed by atoms with Gasteiger partial charge in [-0.3, -0.25) is 9.59 Å². The van der Waals surface area contributed by atoms with Crippen molar-refractivity contribution in [2.45, 2.75) is 70.8 Å². The average Bonchev–Trinajstić information content (AvgIpc) is 3.22. The summed E-state index contributed by atoms with van der Waals surface area (Å²) in [4.78, 5) is 36.3. The number of carbonyl (C=O) groups excluding carboxylic acids is 2. The van der Waals surface area contributed by atoms with Gasteiger partial charge >= 0.3 is 0 Å². The van der Waals surface area contributed by atoms with Gasteiger partial charge in [-0.2, -0.15) is 0 Å². The largest absolute Gasteiger partial charge is 0.344 e. The van der Waals surface area contributed by atoms with E-state index < -0.39 is 6.04 Å². The summed E-state index contributed by atoms with van der Waals surface area (Å²) in [5, 5.41) is 3.11. The van der Waals surface area contributed by atoms with Crippen LogP contribution in [0.1, 0.15) is 70.5 Å². The lowest BCUT2D eigenvalue weighted by Gasteiger charge is -2.36. The van der Waals surface area contributed by atoms with Gasteiger partial charge in [0.15, 0.2) is 0 Å². The molecule has 2 aromatic rings. The third-order valence-corrected chi connectivity index (χ3v) is 6.73. The average molecular weight is 411 g/mol. The number of imidazole rings is 1. The van der Waals surface area contributed by atoms with Crippen LogP contribution in [-0.4, -0.2) is 45.8 Å². The van der Waals surface area contributed by atoms with Crippen molar-refractivity contribution in [3.05, 3.63) is 30.1 Å². The number of para-hydroxylation sites is 2. The highest BCUT2D eigenvalue weighted by Crippen LogP contribution is 2.28. The second-order valence-corrected chi connectivity index (χ2v) is 9.33. The third kappa shape index (κ3) is 4.52. The van der Waals surface area contributed by atoms with E-state index in [1.807, 2.05) is 43.0 Å². The summed E-state index contributed by atoms with van der Waals surface area (Å²) in [5.41, 5.74) is 2.01. The second-order valence-electron chi connectivity index (χ2n) is 9.33. The van der Waals surface area contributed by atoms with Crippen molar-refractivity contribution in [2.75, 3.05) is 13.1 Å². The number of rotatable bonds is 5. The van der Waals surface area contributed by atoms with Crippen LogP contribution >= 0.6 is 0 Å². The number of aromatic amines is 1. The van der Waals surface area contributed by atoms with E-state index >= 15 is 0 Å². The Balaban J connectivity index is 1.44. The first-order chi connectivity index (χ1) is 14.5. The van der Waals surface area contributed by atoms with E-state index in [-0.39, 0.29) is 29.6 Å². The number of nitrogens with one attached hydrogen (secondary N) is 2. The van der Waals surface area contributed by atoms with Crippen LogP contribution in [0.15, 0.2) is 24.3 Å². The molecule has 1 saturated carbocycles. The number of fused-ring (bicyclic) bond motifs is 1. The van der Waals surface area contributed by atoms with Crippen molar-refractivity contribution >= 4 is 22.8 Å². The zero-order valence-corrected chi connectivity index (χ0v) is 18.2. The number of nitrogens with zero attached hydrogens (tertiary/aromatic N) is 2. The third-order valence-electron chi connectivity index (χ3n) is 6.73. The number of aromatic nitrogens is 2. The zero-order chi connectivity index (χ0) is 21.1. The highest BCUT2D eigenvalue weighted by atomic mass is 16.2. The van der Waals surface area contributed by atoms with Gasteiger partial charge in [-0.25, -0.2) is 4.98 Å². The SMILES string of the molecule is CC(C)C(NC(=O)C1CCCCC1)C(=O)N1CCCC(c2nc3ccccc3[nH]2)C1. The summed E-state index contributed by atoms with van der Waals surface area (Å²) in [5.74, 6) is 1.41. The van der Waals surface area contributed by atoms with Crippen LogP contribution in [0.3, 0.4) is 0 Å². The second kappa shape index (κ2) is 9.19. The molecule has 2 unspecified atom stereocenters. The molecule has 0 radical (unpaired) electrons. The van der Waals surface area contributed by atoms with Gasteiger partial charge in [0.1, 0.15) is 11.9 Å². The maximum absolute atomic E-state index is 13.4. The smallest absolute Gasteiger partial charge is 0.245 e. The highest BCUT2D eigenvalue weighted by molar-refractivity contribution is 5.89. The van der Waals surface area contributed by atoms with Crippen LogP contribution < -0.4 is 5.32 Å². The maximum Gasteiger partial charge on any atom is 0.245 e. The van der Waals surface area contributed by atoms with Crippen LogP contribution in [0.4, 0.5) is 0 Å². The molecule has 2 fully saturated rings. The lowest BCUT2D eigenvalue weighted by molar-refractivity contribution is -0.140. The first-order valence-corrected chi connectivity index (χ1v) is 11.6. The number of hydrogen-bond donors (Lipinski definition) is 2. The maximum atomic E-state index is 13.4. The van der Waals surface area contributed by atoms with Crippen LogP contribution in [0, 0.1) is 11.8 Å². The predicted molar refractivity (Wildman–Crippen MR) is 118 cm³/mol. The Labute approximate surface area is 178 Å². The van der Waals surface area contributed by atoms with Gasteiger partial charge in [0.05, 0.1) is 11.0 Å². The van der Waals surface area contributed by atoms with Gasteiger partial charge in [0.2, 0.25) is 11.8 Å². The number of benzene rings is 1. The van der Waals surface area contributed by atoms with E-state index in [9.17, 15) is 9.59 Å². The van der Waals surface area contributed by atoms with E-state index in [2.05, 4.69) is 10.3 Å². The molecule has 1 aromatic heterocycles. The zero-order valence-electron chi connectivity index (χ0n) is 18.2. The molecule has 6 nitrogen and oxygen atoms in total. The Hall–Kier alpha value is -2.37. The molecule has 6 heteroatoms. The van der Waals surface area contributed by atoms with Crippen LogP contribution in [0.2, 0.25) is 0 Å². The molecule has 1 aliphatic carbocycles. The molecule has 2 atom stereocenters. The molecule has 0 bridgehead atoms. The molecule has 2 heterocycles. The summed E-state index contributed by atoms with van der Waals surface area (Å²) in [6.07, 6.45) is 7.31. The Morgan fingerprint density at radius 3 is 2.60 bits per heavy atom. The molecular weight excluding hydrogens is 376 g/mol. The van der Waals surface area contributed by atoms with Gasteiger partial charge in [0.25, 0.3) is 0 Å². The molecule has 4 rings (SSSR count). The predicted octanol–water partition coefficient (Wildman–Crippen LogP) is 3.99. The molecule has 162 valence electrons. The monoisotopic (exact) mass is 410 g/mol. The van der Waals surface area contributed by atoms with Crippen LogP contribution in [0.5, 0.6) is 0 Å². The number of piperidine rings is 1. The van der Waals surface area contributed by atoms with E-state index in [0.29, 0.717) is 6.54 Å². The summed E-state index contributed by atoms with van der Waals surface area (Å²) in [7, 11) is 0. The molecule has 2 N–H and O–H groups in total. The minimum absolute atomic E-state index is 0.0509. The minimum Gasteiger partial charge on any atom is -0.344 e. The van der Waals surface area contributed by atoms with Crippen molar-refractivity contribution in [3.63, 3.8) is 0 Å². The van der Waals surface area contributed by atoms with Crippen LogP contribution in [-0.2, 0) is 9.59 Å². The van der Waals surface area contributed by atoms with E-state index in [0.717, 1.165) is 61.9 Å². The fourth-order valence-electron chi connectivity index (χ4n) is 4.91. The molecule has 1 aliphatic heterocycles. The van der Waals surface area contributed by atoms with E-state index in [1.165, 1.54) is 6.42 Å². The van der Waals surface area contributed by atoms with E-state index in [4.69, 9.17) is 4.98 Å². The Morgan fingerprint density at radius 2 is 1.87 bits per heavy atom. The quantitative estimate of drug-likeness (QED) is 0.782. The van der Waals surface area contributed by atoms with Crippen molar-refractivity contribution in [1.82, 2.24) is 20.2 Å². The lowest BCUT2D eigenvalue weighted by atomic mass is 9.88. The molecule has 30 heavy (non-hydrogen) atoms. The highest BCUT2D eigenvalue weighted by Gasteiger charge is 2.34.